The normalized spacial score (nSPS) is 10.2. The van der Waals surface area contributed by atoms with Gasteiger partial charge < -0.3 is 10.4 Å². The van der Waals surface area contributed by atoms with Gasteiger partial charge in [-0.05, 0) is 25.1 Å². The molecule has 2 aromatic heterocycles. The molecule has 108 valence electrons. The van der Waals surface area contributed by atoms with E-state index in [0.717, 1.165) is 0 Å². The van der Waals surface area contributed by atoms with Gasteiger partial charge >= 0.3 is 5.97 Å². The topological polar surface area (TPSA) is 92.2 Å². The number of nitrogens with one attached hydrogen (secondary N) is 1. The third-order valence-electron chi connectivity index (χ3n) is 2.73. The third-order valence-corrected chi connectivity index (χ3v) is 3.04. The van der Waals surface area contributed by atoms with Crippen LogP contribution in [0, 0.1) is 6.92 Å². The van der Waals surface area contributed by atoms with Gasteiger partial charge in [-0.25, -0.2) is 4.79 Å². The summed E-state index contributed by atoms with van der Waals surface area (Å²) in [6, 6.07) is 4.38. The summed E-state index contributed by atoms with van der Waals surface area (Å²) in [6.45, 7) is 1.87. The van der Waals surface area contributed by atoms with Crippen molar-refractivity contribution in [3.8, 4) is 0 Å². The molecule has 0 spiro atoms. The highest BCUT2D eigenvalue weighted by Crippen LogP contribution is 2.15. The van der Waals surface area contributed by atoms with Crippen LogP contribution in [0.2, 0.25) is 5.02 Å². The van der Waals surface area contributed by atoms with Crippen molar-refractivity contribution < 1.29 is 14.7 Å². The molecule has 0 aliphatic rings. The van der Waals surface area contributed by atoms with Gasteiger partial charge in [-0.3, -0.25) is 14.8 Å². The number of aromatic carboxylic acids is 1. The maximum Gasteiger partial charge on any atom is 0.335 e. The van der Waals surface area contributed by atoms with Crippen molar-refractivity contribution in [2.24, 2.45) is 0 Å². The van der Waals surface area contributed by atoms with E-state index in [4.69, 9.17) is 16.7 Å². The Bertz CT molecular complexity index is 704. The molecule has 7 heteroatoms. The molecule has 2 N–H and O–H groups in total. The van der Waals surface area contributed by atoms with Gasteiger partial charge in [0.05, 0.1) is 28.4 Å². The molecule has 0 aliphatic carbocycles. The third kappa shape index (κ3) is 3.76. The zero-order valence-corrected chi connectivity index (χ0v) is 11.9. The van der Waals surface area contributed by atoms with Gasteiger partial charge in [0, 0.05) is 18.1 Å². The second kappa shape index (κ2) is 6.32. The molecule has 0 saturated heterocycles. The lowest BCUT2D eigenvalue weighted by Gasteiger charge is -2.07. The maximum absolute atomic E-state index is 12.0. The number of halogens is 1. The van der Waals surface area contributed by atoms with Crippen molar-refractivity contribution in [2.75, 3.05) is 0 Å². The number of rotatable bonds is 4. The SMILES string of the molecule is Cc1cc(Cl)c(C(=O)NCc2cc(C(=O)O)ccn2)cn1. The summed E-state index contributed by atoms with van der Waals surface area (Å²) in [6.07, 6.45) is 2.78. The van der Waals surface area contributed by atoms with Crippen LogP contribution in [0.1, 0.15) is 32.1 Å². The van der Waals surface area contributed by atoms with Crippen molar-refractivity contribution in [1.29, 1.82) is 0 Å². The second-order valence-electron chi connectivity index (χ2n) is 4.33. The average Bonchev–Trinajstić information content (AvgIpc) is 2.45. The van der Waals surface area contributed by atoms with Crippen LogP contribution in [-0.2, 0) is 6.54 Å². The summed E-state index contributed by atoms with van der Waals surface area (Å²) >= 11 is 5.98. The van der Waals surface area contributed by atoms with Gasteiger partial charge in [0.15, 0.2) is 0 Å². The fraction of sp³-hybridized carbons (Fsp3) is 0.143. The van der Waals surface area contributed by atoms with Crippen LogP contribution in [-0.4, -0.2) is 27.0 Å². The number of carboxylic acids is 1. The van der Waals surface area contributed by atoms with E-state index in [-0.39, 0.29) is 17.7 Å². The minimum Gasteiger partial charge on any atom is -0.478 e. The number of carbonyl (C=O) groups is 2. The Morgan fingerprint density at radius 2 is 2.10 bits per heavy atom. The van der Waals surface area contributed by atoms with Crippen molar-refractivity contribution in [3.05, 3.63) is 58.1 Å². The number of amides is 1. The quantitative estimate of drug-likeness (QED) is 0.902. The molecule has 0 aliphatic heterocycles. The Kier molecular flexibility index (Phi) is 4.49. The van der Waals surface area contributed by atoms with E-state index in [1.54, 1.807) is 13.0 Å². The number of hydrogen-bond acceptors (Lipinski definition) is 4. The molecule has 2 rings (SSSR count). The molecule has 2 heterocycles. The highest BCUT2D eigenvalue weighted by molar-refractivity contribution is 6.33. The first-order valence-electron chi connectivity index (χ1n) is 6.06. The minimum atomic E-state index is -1.05. The first-order chi connectivity index (χ1) is 9.97. The van der Waals surface area contributed by atoms with Gasteiger partial charge in [0.1, 0.15) is 0 Å². The Labute approximate surface area is 125 Å². The molecule has 0 atom stereocenters. The average molecular weight is 306 g/mol. The number of pyridine rings is 2. The summed E-state index contributed by atoms with van der Waals surface area (Å²) in [5.41, 5.74) is 1.53. The van der Waals surface area contributed by atoms with E-state index in [0.29, 0.717) is 16.4 Å². The maximum atomic E-state index is 12.0. The van der Waals surface area contributed by atoms with Gasteiger partial charge in [-0.2, -0.15) is 0 Å². The lowest BCUT2D eigenvalue weighted by Crippen LogP contribution is -2.24. The Morgan fingerprint density at radius 1 is 1.33 bits per heavy atom. The Balaban J connectivity index is 2.07. The smallest absolute Gasteiger partial charge is 0.335 e. The predicted octanol–water partition coefficient (Wildman–Crippen LogP) is 2.07. The zero-order valence-electron chi connectivity index (χ0n) is 11.1. The number of aryl methyl sites for hydroxylation is 1. The van der Waals surface area contributed by atoms with Crippen LogP contribution in [0.25, 0.3) is 0 Å². The summed E-state index contributed by atoms with van der Waals surface area (Å²) in [4.78, 5) is 30.8. The molecule has 0 radical (unpaired) electrons. The van der Waals surface area contributed by atoms with Gasteiger partial charge in [-0.1, -0.05) is 11.6 Å². The van der Waals surface area contributed by atoms with E-state index in [9.17, 15) is 9.59 Å². The van der Waals surface area contributed by atoms with Crippen molar-refractivity contribution >= 4 is 23.5 Å². The zero-order chi connectivity index (χ0) is 15.4. The fourth-order valence-corrected chi connectivity index (χ4v) is 1.96. The van der Waals surface area contributed by atoms with Gasteiger partial charge in [-0.15, -0.1) is 0 Å². The van der Waals surface area contributed by atoms with Crippen LogP contribution < -0.4 is 5.32 Å². The molecule has 2 aromatic rings. The summed E-state index contributed by atoms with van der Waals surface area (Å²) in [5, 5.41) is 11.8. The van der Waals surface area contributed by atoms with E-state index in [1.807, 2.05) is 0 Å². The van der Waals surface area contributed by atoms with E-state index in [2.05, 4.69) is 15.3 Å². The first kappa shape index (κ1) is 14.9. The molecule has 0 aromatic carbocycles. The number of aromatic nitrogens is 2. The Hall–Kier alpha value is -2.47. The molecular weight excluding hydrogens is 294 g/mol. The highest BCUT2D eigenvalue weighted by Gasteiger charge is 2.11. The number of carbonyl (C=O) groups excluding carboxylic acids is 1. The van der Waals surface area contributed by atoms with Crippen LogP contribution in [0.4, 0.5) is 0 Å². The van der Waals surface area contributed by atoms with Crippen LogP contribution >= 0.6 is 11.6 Å². The summed E-state index contributed by atoms with van der Waals surface area (Å²) < 4.78 is 0. The van der Waals surface area contributed by atoms with E-state index < -0.39 is 11.9 Å². The monoisotopic (exact) mass is 305 g/mol. The molecule has 6 nitrogen and oxygen atoms in total. The van der Waals surface area contributed by atoms with Crippen LogP contribution in [0.3, 0.4) is 0 Å². The first-order valence-corrected chi connectivity index (χ1v) is 6.43. The predicted molar refractivity (Wildman–Crippen MR) is 76.4 cm³/mol. The number of nitrogens with zero attached hydrogens (tertiary/aromatic N) is 2. The summed E-state index contributed by atoms with van der Waals surface area (Å²) in [5.74, 6) is -1.44. The highest BCUT2D eigenvalue weighted by atomic mass is 35.5. The molecule has 0 fully saturated rings. The standard InChI is InChI=1S/C14H12ClN3O3/c1-8-4-12(15)11(7-17-8)13(19)18-6-10-5-9(14(20)21)2-3-16-10/h2-5,7H,6H2,1H3,(H,18,19)(H,20,21). The lowest BCUT2D eigenvalue weighted by molar-refractivity contribution is 0.0696. The van der Waals surface area contributed by atoms with Gasteiger partial charge in [0.25, 0.3) is 5.91 Å². The molecule has 1 amide bonds. The summed E-state index contributed by atoms with van der Waals surface area (Å²) in [7, 11) is 0. The van der Waals surface area contributed by atoms with E-state index >= 15 is 0 Å². The molecule has 0 saturated carbocycles. The van der Waals surface area contributed by atoms with E-state index in [1.165, 1.54) is 24.5 Å². The largest absolute Gasteiger partial charge is 0.478 e. The van der Waals surface area contributed by atoms with Crippen LogP contribution in [0.5, 0.6) is 0 Å². The molecule has 0 bridgehead atoms. The Morgan fingerprint density at radius 3 is 2.76 bits per heavy atom. The molecule has 21 heavy (non-hydrogen) atoms. The fourth-order valence-electron chi connectivity index (χ4n) is 1.67. The van der Waals surface area contributed by atoms with Crippen molar-refractivity contribution in [2.45, 2.75) is 13.5 Å². The minimum absolute atomic E-state index is 0.101. The van der Waals surface area contributed by atoms with Gasteiger partial charge in [0.2, 0.25) is 0 Å². The van der Waals surface area contributed by atoms with Crippen LogP contribution in [0.15, 0.2) is 30.6 Å². The lowest BCUT2D eigenvalue weighted by atomic mass is 10.2. The number of carboxylic acid groups (broad SMARTS) is 1. The molecular formula is C14H12ClN3O3. The second-order valence-corrected chi connectivity index (χ2v) is 4.74. The van der Waals surface area contributed by atoms with Crippen molar-refractivity contribution in [3.63, 3.8) is 0 Å². The van der Waals surface area contributed by atoms with Crippen molar-refractivity contribution in [1.82, 2.24) is 15.3 Å². The molecule has 0 unspecified atom stereocenters. The number of hydrogen-bond donors (Lipinski definition) is 2.